The van der Waals surface area contributed by atoms with Crippen LogP contribution in [-0.4, -0.2) is 17.9 Å². The van der Waals surface area contributed by atoms with Gasteiger partial charge in [-0.25, -0.2) is 4.90 Å². The van der Waals surface area contributed by atoms with Crippen molar-refractivity contribution in [3.8, 4) is 17.2 Å². The maximum atomic E-state index is 12.8. The van der Waals surface area contributed by atoms with Gasteiger partial charge in [-0.3, -0.25) is 9.59 Å². The molecule has 2 amide bonds. The molecule has 6 nitrogen and oxygen atoms in total. The van der Waals surface area contributed by atoms with Crippen molar-refractivity contribution in [1.82, 2.24) is 0 Å². The Balaban J connectivity index is 1.29. The Morgan fingerprint density at radius 3 is 2.62 bits per heavy atom. The second kappa shape index (κ2) is 8.87. The van der Waals surface area contributed by atoms with Crippen LogP contribution in [0.1, 0.15) is 11.1 Å². The highest BCUT2D eigenvalue weighted by molar-refractivity contribution is 14.1. The Morgan fingerprint density at radius 2 is 1.81 bits per heavy atom. The first-order chi connectivity index (χ1) is 15.6. The number of fused-ring (bicyclic) bond motifs is 1. The van der Waals surface area contributed by atoms with E-state index < -0.39 is 0 Å². The van der Waals surface area contributed by atoms with Gasteiger partial charge < -0.3 is 14.2 Å². The number of carbonyl (C=O) groups is 2. The molecule has 2 aliphatic rings. The standard InChI is InChI=1S/C24H16INO5S/c25-18-10-15(12-22-23(27)26(24(28)32-22)17-4-2-1-3-5-17)6-8-19(18)29-13-16-7-9-20-21(11-16)31-14-30-20/h1-12H,13-14H2/b22-12-. The molecule has 2 aliphatic heterocycles. The Hall–Kier alpha value is -2.98. The Morgan fingerprint density at radius 1 is 1.00 bits per heavy atom. The average molecular weight is 557 g/mol. The summed E-state index contributed by atoms with van der Waals surface area (Å²) in [7, 11) is 0. The molecule has 0 unspecified atom stereocenters. The van der Waals surface area contributed by atoms with Crippen LogP contribution < -0.4 is 19.1 Å². The van der Waals surface area contributed by atoms with E-state index >= 15 is 0 Å². The monoisotopic (exact) mass is 557 g/mol. The molecule has 0 N–H and O–H groups in total. The minimum Gasteiger partial charge on any atom is -0.488 e. The number of halogens is 1. The van der Waals surface area contributed by atoms with Crippen LogP contribution in [0.15, 0.2) is 71.6 Å². The lowest BCUT2D eigenvalue weighted by molar-refractivity contribution is -0.113. The number of rotatable bonds is 5. The quantitative estimate of drug-likeness (QED) is 0.290. The van der Waals surface area contributed by atoms with E-state index in [1.54, 1.807) is 30.3 Å². The molecule has 1 saturated heterocycles. The van der Waals surface area contributed by atoms with Gasteiger partial charge in [-0.15, -0.1) is 0 Å². The highest BCUT2D eigenvalue weighted by Crippen LogP contribution is 2.36. The van der Waals surface area contributed by atoms with Crippen LogP contribution >= 0.6 is 34.4 Å². The summed E-state index contributed by atoms with van der Waals surface area (Å²) in [6.07, 6.45) is 1.73. The first-order valence-corrected chi connectivity index (χ1v) is 11.6. The lowest BCUT2D eigenvalue weighted by Crippen LogP contribution is -2.27. The fraction of sp³-hybridized carbons (Fsp3) is 0.0833. The molecule has 0 aliphatic carbocycles. The zero-order chi connectivity index (χ0) is 22.1. The zero-order valence-corrected chi connectivity index (χ0v) is 19.6. The summed E-state index contributed by atoms with van der Waals surface area (Å²) in [6, 6.07) is 20.3. The smallest absolute Gasteiger partial charge is 0.298 e. The van der Waals surface area contributed by atoms with Crippen molar-refractivity contribution in [2.24, 2.45) is 0 Å². The van der Waals surface area contributed by atoms with Crippen molar-refractivity contribution in [2.45, 2.75) is 6.61 Å². The first-order valence-electron chi connectivity index (χ1n) is 9.72. The van der Waals surface area contributed by atoms with E-state index in [1.807, 2.05) is 42.5 Å². The summed E-state index contributed by atoms with van der Waals surface area (Å²) in [4.78, 5) is 26.8. The van der Waals surface area contributed by atoms with E-state index in [9.17, 15) is 9.59 Å². The summed E-state index contributed by atoms with van der Waals surface area (Å²) in [5.74, 6) is 1.88. The fourth-order valence-corrected chi connectivity index (χ4v) is 4.87. The molecule has 160 valence electrons. The minimum absolute atomic E-state index is 0.240. The summed E-state index contributed by atoms with van der Waals surface area (Å²) in [6.45, 7) is 0.631. The summed E-state index contributed by atoms with van der Waals surface area (Å²) < 4.78 is 17.6. The molecule has 8 heteroatoms. The first kappa shape index (κ1) is 20.9. The number of nitrogens with zero attached hydrogens (tertiary/aromatic N) is 1. The molecule has 5 rings (SSSR count). The Kier molecular flexibility index (Phi) is 5.79. The summed E-state index contributed by atoms with van der Waals surface area (Å²) >= 11 is 3.14. The van der Waals surface area contributed by atoms with E-state index in [1.165, 1.54) is 4.90 Å². The number of benzene rings is 3. The van der Waals surface area contributed by atoms with Crippen LogP contribution in [0.4, 0.5) is 10.5 Å². The molecule has 0 spiro atoms. The minimum atomic E-state index is -0.315. The van der Waals surface area contributed by atoms with E-state index in [0.717, 1.165) is 43.7 Å². The van der Waals surface area contributed by atoms with Gasteiger partial charge in [0.1, 0.15) is 12.4 Å². The molecule has 0 atom stereocenters. The summed E-state index contributed by atoms with van der Waals surface area (Å²) in [5, 5.41) is -0.300. The van der Waals surface area contributed by atoms with Crippen molar-refractivity contribution in [3.63, 3.8) is 0 Å². The number of para-hydroxylation sites is 1. The zero-order valence-electron chi connectivity index (χ0n) is 16.6. The lowest BCUT2D eigenvalue weighted by Gasteiger charge is -2.11. The normalized spacial score (nSPS) is 16.2. The molecule has 3 aromatic carbocycles. The van der Waals surface area contributed by atoms with Crippen LogP contribution in [0, 0.1) is 3.57 Å². The van der Waals surface area contributed by atoms with Crippen LogP contribution in [0.5, 0.6) is 17.2 Å². The van der Waals surface area contributed by atoms with E-state index in [0.29, 0.717) is 17.2 Å². The predicted octanol–water partition coefficient (Wildman–Crippen LogP) is 5.84. The topological polar surface area (TPSA) is 65.1 Å². The van der Waals surface area contributed by atoms with Crippen molar-refractivity contribution < 1.29 is 23.8 Å². The van der Waals surface area contributed by atoms with Gasteiger partial charge in [0.2, 0.25) is 6.79 Å². The molecule has 32 heavy (non-hydrogen) atoms. The van der Waals surface area contributed by atoms with Gasteiger partial charge in [-0.2, -0.15) is 0 Å². The molecule has 3 aromatic rings. The van der Waals surface area contributed by atoms with E-state index in [-0.39, 0.29) is 17.9 Å². The number of ether oxygens (including phenoxy) is 3. The molecule has 0 bridgehead atoms. The SMILES string of the molecule is O=C1S/C(=C\c2ccc(OCc3ccc4c(c3)OCO4)c(I)c2)C(=O)N1c1ccccc1. The third-order valence-corrected chi connectivity index (χ3v) is 6.61. The van der Waals surface area contributed by atoms with Crippen molar-refractivity contribution >= 4 is 57.3 Å². The third-order valence-electron chi connectivity index (χ3n) is 4.89. The maximum absolute atomic E-state index is 12.8. The third kappa shape index (κ3) is 4.20. The van der Waals surface area contributed by atoms with Crippen LogP contribution in [0.3, 0.4) is 0 Å². The molecule has 0 saturated carbocycles. The second-order valence-electron chi connectivity index (χ2n) is 7.02. The predicted molar refractivity (Wildman–Crippen MR) is 131 cm³/mol. The largest absolute Gasteiger partial charge is 0.488 e. The lowest BCUT2D eigenvalue weighted by atomic mass is 10.2. The number of anilines is 1. The molecular weight excluding hydrogens is 541 g/mol. The molecule has 0 radical (unpaired) electrons. The van der Waals surface area contributed by atoms with Crippen molar-refractivity contribution in [3.05, 3.63) is 86.3 Å². The van der Waals surface area contributed by atoms with Crippen molar-refractivity contribution in [2.75, 3.05) is 11.7 Å². The number of imide groups is 1. The van der Waals surface area contributed by atoms with Gasteiger partial charge in [0, 0.05) is 0 Å². The van der Waals surface area contributed by atoms with Crippen LogP contribution in [0.2, 0.25) is 0 Å². The maximum Gasteiger partial charge on any atom is 0.298 e. The number of thioether (sulfide) groups is 1. The van der Waals surface area contributed by atoms with Crippen LogP contribution in [-0.2, 0) is 11.4 Å². The fourth-order valence-electron chi connectivity index (χ4n) is 3.33. The van der Waals surface area contributed by atoms with E-state index in [4.69, 9.17) is 14.2 Å². The summed E-state index contributed by atoms with van der Waals surface area (Å²) in [5.41, 5.74) is 2.37. The van der Waals surface area contributed by atoms with Gasteiger partial charge >= 0.3 is 0 Å². The molecular formula is C24H16INO5S. The van der Waals surface area contributed by atoms with Gasteiger partial charge in [0.15, 0.2) is 11.5 Å². The Bertz CT molecular complexity index is 1240. The van der Waals surface area contributed by atoms with Gasteiger partial charge in [0.05, 0.1) is 14.2 Å². The van der Waals surface area contributed by atoms with Gasteiger partial charge in [0.25, 0.3) is 11.1 Å². The van der Waals surface area contributed by atoms with Gasteiger partial charge in [-0.05, 0) is 88.0 Å². The molecule has 1 fully saturated rings. The second-order valence-corrected chi connectivity index (χ2v) is 9.17. The van der Waals surface area contributed by atoms with Gasteiger partial charge in [-0.1, -0.05) is 30.3 Å². The molecule has 0 aromatic heterocycles. The average Bonchev–Trinajstić information content (AvgIpc) is 3.37. The number of hydrogen-bond donors (Lipinski definition) is 0. The number of amides is 2. The highest BCUT2D eigenvalue weighted by atomic mass is 127. The molecule has 2 heterocycles. The number of carbonyl (C=O) groups excluding carboxylic acids is 2. The van der Waals surface area contributed by atoms with E-state index in [2.05, 4.69) is 22.6 Å². The van der Waals surface area contributed by atoms with Crippen molar-refractivity contribution in [1.29, 1.82) is 0 Å². The van der Waals surface area contributed by atoms with Crippen LogP contribution in [0.25, 0.3) is 6.08 Å². The Labute approximate surface area is 202 Å². The number of hydrogen-bond acceptors (Lipinski definition) is 6. The highest BCUT2D eigenvalue weighted by Gasteiger charge is 2.36.